The lowest BCUT2D eigenvalue weighted by molar-refractivity contribution is -0.141. The molecule has 1 heterocycles. The van der Waals surface area contributed by atoms with Gasteiger partial charge in [0.05, 0.1) is 5.25 Å². The number of hydrogen-bond donors (Lipinski definition) is 2. The summed E-state index contributed by atoms with van der Waals surface area (Å²) in [6.07, 6.45) is 4.32. The molecule has 0 aliphatic carbocycles. The van der Waals surface area contributed by atoms with Crippen LogP contribution in [0.5, 0.6) is 0 Å². The molecule has 16 heavy (non-hydrogen) atoms. The number of carbonyl (C=O) groups excluding carboxylic acids is 1. The van der Waals surface area contributed by atoms with E-state index in [2.05, 4.69) is 5.32 Å². The van der Waals surface area contributed by atoms with Crippen LogP contribution in [0.3, 0.4) is 0 Å². The minimum absolute atomic E-state index is 0.0453. The molecular weight excluding hydrogens is 246 g/mol. The number of nitrogens with one attached hydrogen (secondary N) is 1. The normalized spacial score (nSPS) is 21.7. The summed E-state index contributed by atoms with van der Waals surface area (Å²) in [5.74, 6) is 0.691. The Bertz CT molecular complexity index is 254. The lowest BCUT2D eigenvalue weighted by atomic mass is 10.2. The molecule has 0 spiro atoms. The molecule has 6 heteroatoms. The maximum atomic E-state index is 11.7. The lowest BCUT2D eigenvalue weighted by Gasteiger charge is -2.16. The first-order valence-electron chi connectivity index (χ1n) is 5.29. The van der Waals surface area contributed by atoms with Crippen LogP contribution in [0.15, 0.2) is 0 Å². The van der Waals surface area contributed by atoms with Crippen molar-refractivity contribution in [2.75, 3.05) is 17.8 Å². The van der Waals surface area contributed by atoms with Crippen molar-refractivity contribution in [3.8, 4) is 0 Å². The Morgan fingerprint density at radius 2 is 2.38 bits per heavy atom. The molecular formula is C10H17NO3S2. The van der Waals surface area contributed by atoms with Crippen LogP contribution in [0.25, 0.3) is 0 Å². The standard InChI is InChI=1S/C10H17NO3S2/c1-15-6-4-7(10(13)14)11-9(12)8-3-2-5-16-8/h7-8H,2-6H2,1H3,(H,11,12)(H,13,14)/t7-,8?/m0/s1. The molecule has 0 aromatic rings. The molecule has 1 unspecified atom stereocenters. The maximum absolute atomic E-state index is 11.7. The van der Waals surface area contributed by atoms with Gasteiger partial charge in [0.1, 0.15) is 6.04 Å². The number of aliphatic carboxylic acids is 1. The summed E-state index contributed by atoms with van der Waals surface area (Å²) in [7, 11) is 0. The van der Waals surface area contributed by atoms with Crippen LogP contribution >= 0.6 is 23.5 Å². The van der Waals surface area contributed by atoms with Crippen LogP contribution in [0.2, 0.25) is 0 Å². The molecule has 1 fully saturated rings. The summed E-state index contributed by atoms with van der Waals surface area (Å²) >= 11 is 3.20. The third-order valence-corrected chi connectivity index (χ3v) is 4.47. The second kappa shape index (κ2) is 7.06. The Morgan fingerprint density at radius 1 is 1.62 bits per heavy atom. The van der Waals surface area contributed by atoms with Crippen molar-refractivity contribution < 1.29 is 14.7 Å². The average molecular weight is 263 g/mol. The van der Waals surface area contributed by atoms with Gasteiger partial charge in [0.15, 0.2) is 0 Å². The first-order chi connectivity index (χ1) is 7.65. The van der Waals surface area contributed by atoms with Crippen molar-refractivity contribution in [1.29, 1.82) is 0 Å². The van der Waals surface area contributed by atoms with E-state index < -0.39 is 12.0 Å². The topological polar surface area (TPSA) is 66.4 Å². The monoisotopic (exact) mass is 263 g/mol. The van der Waals surface area contributed by atoms with Gasteiger partial charge < -0.3 is 10.4 Å². The Hall–Kier alpha value is -0.360. The van der Waals surface area contributed by atoms with Gasteiger partial charge in [0, 0.05) is 0 Å². The second-order valence-corrected chi connectivity index (χ2v) is 5.98. The molecule has 1 aliphatic rings. The van der Waals surface area contributed by atoms with E-state index in [4.69, 9.17) is 5.11 Å². The van der Waals surface area contributed by atoms with Crippen LogP contribution in [0, 0.1) is 0 Å². The Labute approximate surface area is 104 Å². The van der Waals surface area contributed by atoms with Crippen molar-refractivity contribution in [2.24, 2.45) is 0 Å². The number of amides is 1. The van der Waals surface area contributed by atoms with Crippen molar-refractivity contribution in [1.82, 2.24) is 5.32 Å². The predicted molar refractivity (Wildman–Crippen MR) is 68.0 cm³/mol. The zero-order valence-corrected chi connectivity index (χ0v) is 10.9. The third-order valence-electron chi connectivity index (χ3n) is 2.45. The molecule has 1 amide bonds. The van der Waals surface area contributed by atoms with E-state index in [0.29, 0.717) is 6.42 Å². The van der Waals surface area contributed by atoms with Gasteiger partial charge in [-0.15, -0.1) is 11.8 Å². The van der Waals surface area contributed by atoms with E-state index in [-0.39, 0.29) is 11.2 Å². The van der Waals surface area contributed by atoms with Gasteiger partial charge >= 0.3 is 5.97 Å². The minimum Gasteiger partial charge on any atom is -0.480 e. The molecule has 2 N–H and O–H groups in total. The van der Waals surface area contributed by atoms with E-state index in [0.717, 1.165) is 24.3 Å². The molecule has 4 nitrogen and oxygen atoms in total. The van der Waals surface area contributed by atoms with Crippen LogP contribution in [0.4, 0.5) is 0 Å². The Kier molecular flexibility index (Phi) is 6.05. The van der Waals surface area contributed by atoms with Crippen LogP contribution in [-0.4, -0.2) is 46.0 Å². The van der Waals surface area contributed by atoms with Gasteiger partial charge in [-0.25, -0.2) is 4.79 Å². The van der Waals surface area contributed by atoms with Gasteiger partial charge in [-0.2, -0.15) is 11.8 Å². The number of rotatable bonds is 6. The van der Waals surface area contributed by atoms with Crippen molar-refractivity contribution in [3.05, 3.63) is 0 Å². The second-order valence-electron chi connectivity index (χ2n) is 3.68. The molecule has 1 saturated heterocycles. The van der Waals surface area contributed by atoms with E-state index in [9.17, 15) is 9.59 Å². The van der Waals surface area contributed by atoms with E-state index in [1.54, 1.807) is 23.5 Å². The summed E-state index contributed by atoms with van der Waals surface area (Å²) in [6, 6.07) is -0.735. The molecule has 1 rings (SSSR count). The Morgan fingerprint density at radius 3 is 2.88 bits per heavy atom. The van der Waals surface area contributed by atoms with E-state index in [1.165, 1.54) is 0 Å². The molecule has 0 radical (unpaired) electrons. The summed E-state index contributed by atoms with van der Waals surface area (Å²) in [5.41, 5.74) is 0. The van der Waals surface area contributed by atoms with E-state index >= 15 is 0 Å². The van der Waals surface area contributed by atoms with Crippen LogP contribution < -0.4 is 5.32 Å². The fourth-order valence-corrected chi connectivity index (χ4v) is 3.18. The van der Waals surface area contributed by atoms with Crippen molar-refractivity contribution in [2.45, 2.75) is 30.6 Å². The predicted octanol–water partition coefficient (Wildman–Crippen LogP) is 1.20. The van der Waals surface area contributed by atoms with Gasteiger partial charge in [-0.05, 0) is 37.0 Å². The molecule has 0 aromatic carbocycles. The first-order valence-corrected chi connectivity index (χ1v) is 7.73. The SMILES string of the molecule is CSCC[C@H](NC(=O)C1CCCS1)C(=O)O. The molecule has 1 aliphatic heterocycles. The number of carboxylic acids is 1. The van der Waals surface area contributed by atoms with Gasteiger partial charge in [-0.3, -0.25) is 4.79 Å². The zero-order valence-electron chi connectivity index (χ0n) is 9.27. The fourth-order valence-electron chi connectivity index (χ4n) is 1.54. The lowest BCUT2D eigenvalue weighted by Crippen LogP contribution is -2.44. The highest BCUT2D eigenvalue weighted by Crippen LogP contribution is 2.26. The van der Waals surface area contributed by atoms with Crippen LogP contribution in [0.1, 0.15) is 19.3 Å². The minimum atomic E-state index is -0.939. The van der Waals surface area contributed by atoms with Crippen LogP contribution in [-0.2, 0) is 9.59 Å². The highest BCUT2D eigenvalue weighted by molar-refractivity contribution is 8.00. The van der Waals surface area contributed by atoms with Gasteiger partial charge in [-0.1, -0.05) is 0 Å². The number of carbonyl (C=O) groups is 2. The highest BCUT2D eigenvalue weighted by atomic mass is 32.2. The zero-order chi connectivity index (χ0) is 12.0. The largest absolute Gasteiger partial charge is 0.480 e. The highest BCUT2D eigenvalue weighted by Gasteiger charge is 2.27. The summed E-state index contributed by atoms with van der Waals surface area (Å²) in [6.45, 7) is 0. The third kappa shape index (κ3) is 4.25. The van der Waals surface area contributed by atoms with Gasteiger partial charge in [0.25, 0.3) is 0 Å². The fraction of sp³-hybridized carbons (Fsp3) is 0.800. The molecule has 0 aromatic heterocycles. The molecule has 2 atom stereocenters. The first kappa shape index (κ1) is 13.7. The number of thioether (sulfide) groups is 2. The summed E-state index contributed by atoms with van der Waals surface area (Å²) in [4.78, 5) is 22.6. The molecule has 92 valence electrons. The summed E-state index contributed by atoms with van der Waals surface area (Å²) < 4.78 is 0. The molecule has 0 saturated carbocycles. The number of hydrogen-bond acceptors (Lipinski definition) is 4. The van der Waals surface area contributed by atoms with Crippen molar-refractivity contribution in [3.63, 3.8) is 0 Å². The summed E-state index contributed by atoms with van der Waals surface area (Å²) in [5, 5.41) is 11.5. The quantitative estimate of drug-likeness (QED) is 0.754. The molecule has 0 bridgehead atoms. The average Bonchev–Trinajstić information content (AvgIpc) is 2.76. The van der Waals surface area contributed by atoms with E-state index in [1.807, 2.05) is 6.26 Å². The Balaban J connectivity index is 2.40. The van der Waals surface area contributed by atoms with Gasteiger partial charge in [0.2, 0.25) is 5.91 Å². The smallest absolute Gasteiger partial charge is 0.326 e. The van der Waals surface area contributed by atoms with Crippen molar-refractivity contribution >= 4 is 35.4 Å². The maximum Gasteiger partial charge on any atom is 0.326 e. The number of carboxylic acid groups (broad SMARTS) is 1.